The number of hydrogen-bond donors (Lipinski definition) is 0. The van der Waals surface area contributed by atoms with E-state index in [1.807, 2.05) is 12.1 Å². The Hall–Kier alpha value is -7.09. The third-order valence-corrected chi connectivity index (χ3v) is 10.8. The minimum absolute atomic E-state index is 0.195. The second-order valence-corrected chi connectivity index (χ2v) is 16.6. The van der Waals surface area contributed by atoms with Crippen LogP contribution in [0, 0.1) is 0 Å². The van der Waals surface area contributed by atoms with Crippen LogP contribution in [0.15, 0.2) is 107 Å². The molecule has 0 saturated carbocycles. The summed E-state index contributed by atoms with van der Waals surface area (Å²) in [4.78, 5) is 39.8. The zero-order valence-electron chi connectivity index (χ0n) is 42.3. The van der Waals surface area contributed by atoms with Gasteiger partial charge in [-0.05, 0) is 136 Å². The number of carbonyl (C=O) groups excluding carboxylic acids is 3. The minimum atomic E-state index is -0.650. The molecule has 0 fully saturated rings. The van der Waals surface area contributed by atoms with Crippen LogP contribution in [-0.2, 0) is 0 Å². The molecular weight excluding hydrogens is 905 g/mol. The van der Waals surface area contributed by atoms with E-state index < -0.39 is 17.9 Å². The van der Waals surface area contributed by atoms with Gasteiger partial charge in [0.15, 0.2) is 23.0 Å². The van der Waals surface area contributed by atoms with E-state index in [-0.39, 0.29) is 34.1 Å². The van der Waals surface area contributed by atoms with Gasteiger partial charge in [-0.15, -0.1) is 5.11 Å². The first-order chi connectivity index (χ1) is 34.7. The Bertz CT molecular complexity index is 2440. The topological polar surface area (TPSA) is 159 Å². The molecule has 14 nitrogen and oxygen atoms in total. The van der Waals surface area contributed by atoms with Gasteiger partial charge in [0.25, 0.3) is 0 Å². The van der Waals surface area contributed by atoms with Crippen molar-refractivity contribution in [2.75, 3.05) is 39.6 Å². The lowest BCUT2D eigenvalue weighted by atomic mass is 10.1. The number of esters is 3. The molecule has 0 aromatic heterocycles. The first-order valence-electron chi connectivity index (χ1n) is 25.2. The summed E-state index contributed by atoms with van der Waals surface area (Å²) in [6, 6.07) is 25.6. The maximum absolute atomic E-state index is 13.6. The zero-order valence-corrected chi connectivity index (χ0v) is 42.3. The first kappa shape index (κ1) is 54.8. The highest BCUT2D eigenvalue weighted by Crippen LogP contribution is 2.46. The molecule has 0 atom stereocenters. The maximum Gasteiger partial charge on any atom is 0.347 e. The van der Waals surface area contributed by atoms with Gasteiger partial charge in [0, 0.05) is 0 Å². The van der Waals surface area contributed by atoms with Crippen LogP contribution in [0.2, 0.25) is 0 Å². The molecule has 0 aliphatic rings. The fourth-order valence-corrected chi connectivity index (χ4v) is 6.53. The molecule has 14 heteroatoms. The van der Waals surface area contributed by atoms with Crippen molar-refractivity contribution in [3.63, 3.8) is 0 Å². The Morgan fingerprint density at radius 2 is 0.704 bits per heavy atom. The molecule has 0 N–H and O–H groups in total. The van der Waals surface area contributed by atoms with Gasteiger partial charge in [-0.2, -0.15) is 5.11 Å². The number of carbonyl (C=O) groups is 3. The number of rotatable bonds is 32. The number of ether oxygens (including phenoxy) is 9. The maximum atomic E-state index is 13.6. The summed E-state index contributed by atoms with van der Waals surface area (Å²) in [5.74, 6) is 1.60. The van der Waals surface area contributed by atoms with Crippen LogP contribution in [0.25, 0.3) is 0 Å². The van der Waals surface area contributed by atoms with Crippen LogP contribution in [0.3, 0.4) is 0 Å². The highest BCUT2D eigenvalue weighted by molar-refractivity contribution is 5.96. The van der Waals surface area contributed by atoms with E-state index in [9.17, 15) is 14.4 Å². The summed E-state index contributed by atoms with van der Waals surface area (Å²) in [5, 5.41) is 8.95. The highest BCUT2D eigenvalue weighted by atomic mass is 16.6. The summed E-state index contributed by atoms with van der Waals surface area (Å²) in [6.07, 6.45) is 10.9. The molecule has 71 heavy (non-hydrogen) atoms. The Labute approximate surface area is 418 Å². The molecule has 5 aromatic rings. The van der Waals surface area contributed by atoms with E-state index in [0.29, 0.717) is 85.3 Å². The Balaban J connectivity index is 1.19. The number of unbranched alkanes of at least 4 members (excludes halogenated alkanes) is 6. The number of hydrogen-bond acceptors (Lipinski definition) is 14. The largest absolute Gasteiger partial charge is 0.490 e. The van der Waals surface area contributed by atoms with Crippen LogP contribution in [0.5, 0.6) is 51.7 Å². The molecule has 0 heterocycles. The van der Waals surface area contributed by atoms with Gasteiger partial charge < -0.3 is 42.6 Å². The predicted octanol–water partition coefficient (Wildman–Crippen LogP) is 14.8. The van der Waals surface area contributed by atoms with Crippen molar-refractivity contribution in [1.29, 1.82) is 0 Å². The molecular formula is C57H70N2O12. The third-order valence-electron chi connectivity index (χ3n) is 10.8. The van der Waals surface area contributed by atoms with E-state index in [1.165, 1.54) is 48.5 Å². The fraction of sp³-hybridized carbons (Fsp3) is 0.421. The molecule has 0 aliphatic heterocycles. The van der Waals surface area contributed by atoms with Crippen LogP contribution < -0.4 is 42.6 Å². The molecule has 0 amide bonds. The monoisotopic (exact) mass is 974 g/mol. The van der Waals surface area contributed by atoms with E-state index in [0.717, 1.165) is 77.0 Å². The average molecular weight is 975 g/mol. The van der Waals surface area contributed by atoms with Crippen LogP contribution in [0.1, 0.15) is 150 Å². The van der Waals surface area contributed by atoms with Crippen molar-refractivity contribution < 1.29 is 57.0 Å². The summed E-state index contributed by atoms with van der Waals surface area (Å²) in [6.45, 7) is 15.4. The number of benzene rings is 5. The third kappa shape index (κ3) is 17.4. The van der Waals surface area contributed by atoms with Crippen LogP contribution in [0.4, 0.5) is 11.4 Å². The molecule has 0 radical (unpaired) electrons. The second kappa shape index (κ2) is 30.5. The molecule has 0 saturated heterocycles. The van der Waals surface area contributed by atoms with Crippen molar-refractivity contribution in [2.24, 2.45) is 10.2 Å². The summed E-state index contributed by atoms with van der Waals surface area (Å²) in [7, 11) is 0. The van der Waals surface area contributed by atoms with Gasteiger partial charge >= 0.3 is 17.9 Å². The van der Waals surface area contributed by atoms with Crippen molar-refractivity contribution >= 4 is 29.3 Å². The van der Waals surface area contributed by atoms with E-state index in [2.05, 4.69) is 51.8 Å². The van der Waals surface area contributed by atoms with Crippen LogP contribution >= 0.6 is 0 Å². The Kier molecular flexibility index (Phi) is 23.6. The van der Waals surface area contributed by atoms with Crippen molar-refractivity contribution in [1.82, 2.24) is 0 Å². The van der Waals surface area contributed by atoms with Crippen molar-refractivity contribution in [2.45, 2.75) is 119 Å². The first-order valence-corrected chi connectivity index (χ1v) is 25.2. The van der Waals surface area contributed by atoms with E-state index >= 15 is 0 Å². The van der Waals surface area contributed by atoms with Crippen molar-refractivity contribution in [3.05, 3.63) is 114 Å². The van der Waals surface area contributed by atoms with Gasteiger partial charge in [0.1, 0.15) is 28.5 Å². The molecule has 0 bridgehead atoms. The fourth-order valence-electron chi connectivity index (χ4n) is 6.53. The molecule has 0 aliphatic carbocycles. The standard InChI is InChI=1S/C57H70N2O12/c1-7-13-35-63-49-33-31-47(51(65-37-15-9-3)53(49)67-39-17-11-5)57(62)71-44-25-21-42(22-26-44)56(61)70-46-29-27-45(28-30-46)69-55(60)41-19-23-43(24-20-41)58-59-48-32-34-50(64-36-14-8-2)54(68-40-18-12-6)52(48)66-38-16-10-4/h19-34H,7-18,35-40H2,1-6H3. The number of azo groups is 1. The van der Waals surface area contributed by atoms with E-state index in [1.54, 1.807) is 36.4 Å². The normalized spacial score (nSPS) is 11.0. The number of nitrogens with zero attached hydrogens (tertiary/aromatic N) is 2. The summed E-state index contributed by atoms with van der Waals surface area (Å²) in [5.41, 5.74) is 1.73. The Morgan fingerprint density at radius 1 is 0.352 bits per heavy atom. The van der Waals surface area contributed by atoms with Gasteiger partial charge in [-0.3, -0.25) is 0 Å². The van der Waals surface area contributed by atoms with Gasteiger partial charge in [0.05, 0.1) is 56.5 Å². The van der Waals surface area contributed by atoms with Gasteiger partial charge in [-0.25, -0.2) is 14.4 Å². The van der Waals surface area contributed by atoms with Crippen LogP contribution in [-0.4, -0.2) is 57.5 Å². The SMILES string of the molecule is CCCCOc1ccc(N=Nc2ccc(C(=O)Oc3ccc(OC(=O)c4ccc(OC(=O)c5ccc(OCCCC)c(OCCCC)c5OCCCC)cc4)cc3)cc2)c(OCCCC)c1OCCCC. The Morgan fingerprint density at radius 3 is 1.15 bits per heavy atom. The molecule has 5 aromatic carbocycles. The van der Waals surface area contributed by atoms with Crippen molar-refractivity contribution in [3.8, 4) is 51.7 Å². The minimum Gasteiger partial charge on any atom is -0.490 e. The predicted molar refractivity (Wildman–Crippen MR) is 274 cm³/mol. The molecule has 380 valence electrons. The quantitative estimate of drug-likeness (QED) is 0.0174. The lowest BCUT2D eigenvalue weighted by Gasteiger charge is -2.19. The zero-order chi connectivity index (χ0) is 50.6. The molecule has 0 spiro atoms. The lowest BCUT2D eigenvalue weighted by Crippen LogP contribution is -2.14. The smallest absolute Gasteiger partial charge is 0.347 e. The van der Waals surface area contributed by atoms with Gasteiger partial charge in [0.2, 0.25) is 11.5 Å². The molecule has 0 unspecified atom stereocenters. The summed E-state index contributed by atoms with van der Waals surface area (Å²) < 4.78 is 53.8. The van der Waals surface area contributed by atoms with E-state index in [4.69, 9.17) is 42.6 Å². The highest BCUT2D eigenvalue weighted by Gasteiger charge is 2.25. The second-order valence-electron chi connectivity index (χ2n) is 16.6. The average Bonchev–Trinajstić information content (AvgIpc) is 3.38. The lowest BCUT2D eigenvalue weighted by molar-refractivity contribution is 0.0717. The molecule has 5 rings (SSSR count). The summed E-state index contributed by atoms with van der Waals surface area (Å²) >= 11 is 0. The van der Waals surface area contributed by atoms with Gasteiger partial charge in [-0.1, -0.05) is 80.1 Å².